The van der Waals surface area contributed by atoms with Gasteiger partial charge in [0.25, 0.3) is 0 Å². The first-order chi connectivity index (χ1) is 18.2. The Morgan fingerprint density at radius 3 is 2.58 bits per heavy atom. The molecule has 2 aliphatic heterocycles. The number of aliphatic hydroxyl groups is 1. The number of hydrogen-bond acceptors (Lipinski definition) is 4. The van der Waals surface area contributed by atoms with E-state index in [0.717, 1.165) is 43.4 Å². The minimum atomic E-state index is -0.951. The quantitative estimate of drug-likeness (QED) is 0.312. The highest BCUT2D eigenvalue weighted by atomic mass is 16.5. The molecule has 0 bridgehead atoms. The number of carbonyl (C=O) groups is 2. The van der Waals surface area contributed by atoms with Crippen LogP contribution in [0.5, 0.6) is 0 Å². The van der Waals surface area contributed by atoms with Crippen molar-refractivity contribution in [2.45, 2.75) is 96.5 Å². The van der Waals surface area contributed by atoms with Crippen LogP contribution >= 0.6 is 0 Å². The van der Waals surface area contributed by atoms with Gasteiger partial charge < -0.3 is 19.6 Å². The fraction of sp³-hybridized carbons (Fsp3) is 0.750. The van der Waals surface area contributed by atoms with Gasteiger partial charge in [-0.3, -0.25) is 9.59 Å². The number of piperidine rings is 1. The maximum absolute atomic E-state index is 13.5. The molecular formula is C32H50N2O4. The van der Waals surface area contributed by atoms with Gasteiger partial charge in [0.1, 0.15) is 0 Å². The Balaban J connectivity index is 1.39. The maximum atomic E-state index is 13.5. The van der Waals surface area contributed by atoms with Crippen molar-refractivity contribution in [1.29, 1.82) is 0 Å². The molecule has 0 unspecified atom stereocenters. The first-order valence-electron chi connectivity index (χ1n) is 15.0. The second-order valence-electron chi connectivity index (χ2n) is 12.8. The average molecular weight is 527 g/mol. The summed E-state index contributed by atoms with van der Waals surface area (Å²) in [6.45, 7) is 10.4. The number of carbonyl (C=O) groups excluding carboxylic acids is 2. The van der Waals surface area contributed by atoms with Crippen LogP contribution in [0.4, 0.5) is 0 Å². The van der Waals surface area contributed by atoms with Crippen LogP contribution in [0.1, 0.15) is 90.9 Å². The van der Waals surface area contributed by atoms with E-state index in [-0.39, 0.29) is 29.1 Å². The summed E-state index contributed by atoms with van der Waals surface area (Å²) in [5.74, 6) is 1.96. The molecule has 38 heavy (non-hydrogen) atoms. The van der Waals surface area contributed by atoms with Gasteiger partial charge in [-0.2, -0.15) is 0 Å². The first-order valence-corrected chi connectivity index (χ1v) is 15.0. The van der Waals surface area contributed by atoms with Crippen LogP contribution in [0.3, 0.4) is 0 Å². The van der Waals surface area contributed by atoms with Gasteiger partial charge in [0.2, 0.25) is 11.8 Å². The lowest BCUT2D eigenvalue weighted by molar-refractivity contribution is -0.167. The summed E-state index contributed by atoms with van der Waals surface area (Å²) in [6, 6.07) is 0. The molecule has 6 nitrogen and oxygen atoms in total. The fourth-order valence-electron chi connectivity index (χ4n) is 7.62. The zero-order valence-electron chi connectivity index (χ0n) is 24.1. The zero-order valence-corrected chi connectivity index (χ0v) is 24.1. The second-order valence-corrected chi connectivity index (χ2v) is 12.8. The molecule has 2 aliphatic carbocycles. The van der Waals surface area contributed by atoms with E-state index >= 15 is 0 Å². The van der Waals surface area contributed by atoms with Crippen molar-refractivity contribution in [1.82, 2.24) is 9.80 Å². The van der Waals surface area contributed by atoms with E-state index in [1.807, 2.05) is 30.1 Å². The number of ether oxygens (including phenoxy) is 1. The molecule has 0 aromatic rings. The van der Waals surface area contributed by atoms with E-state index in [4.69, 9.17) is 4.74 Å². The summed E-state index contributed by atoms with van der Waals surface area (Å²) in [4.78, 5) is 30.5. The molecule has 6 heteroatoms. The van der Waals surface area contributed by atoms with Gasteiger partial charge in [0, 0.05) is 43.3 Å². The lowest BCUT2D eigenvalue weighted by Gasteiger charge is -2.53. The molecule has 0 radical (unpaired) electrons. The fourth-order valence-corrected chi connectivity index (χ4v) is 7.62. The normalized spacial score (nSPS) is 29.4. The Morgan fingerprint density at radius 1 is 1.18 bits per heavy atom. The summed E-state index contributed by atoms with van der Waals surface area (Å²) in [6.07, 6.45) is 18.2. The summed E-state index contributed by atoms with van der Waals surface area (Å²) in [5, 5.41) is 12.2. The van der Waals surface area contributed by atoms with E-state index in [1.165, 1.54) is 32.1 Å². The first kappa shape index (κ1) is 28.9. The van der Waals surface area contributed by atoms with Crippen molar-refractivity contribution in [2.24, 2.45) is 23.2 Å². The van der Waals surface area contributed by atoms with E-state index in [1.54, 1.807) is 7.11 Å². The lowest BCUT2D eigenvalue weighted by atomic mass is 9.65. The Labute approximate surface area is 230 Å². The molecule has 2 heterocycles. The van der Waals surface area contributed by atoms with Crippen LogP contribution in [0.15, 0.2) is 36.1 Å². The van der Waals surface area contributed by atoms with Gasteiger partial charge in [-0.15, -0.1) is 0 Å². The number of methoxy groups -OCH3 is 1. The van der Waals surface area contributed by atoms with Crippen LogP contribution in [0, 0.1) is 23.2 Å². The average Bonchev–Trinajstić information content (AvgIpc) is 3.53. The van der Waals surface area contributed by atoms with Gasteiger partial charge in [0.15, 0.2) is 0 Å². The summed E-state index contributed by atoms with van der Waals surface area (Å²) >= 11 is 0. The van der Waals surface area contributed by atoms with Crippen molar-refractivity contribution in [3.8, 4) is 0 Å². The topological polar surface area (TPSA) is 70.1 Å². The van der Waals surface area contributed by atoms with Crippen LogP contribution in [-0.2, 0) is 14.3 Å². The van der Waals surface area contributed by atoms with E-state index in [9.17, 15) is 14.7 Å². The molecular weight excluding hydrogens is 476 g/mol. The Bertz CT molecular complexity index is 928. The van der Waals surface area contributed by atoms with Crippen molar-refractivity contribution in [3.05, 3.63) is 36.1 Å². The van der Waals surface area contributed by atoms with Crippen LogP contribution in [0.25, 0.3) is 0 Å². The molecule has 1 spiro atoms. The van der Waals surface area contributed by atoms with Crippen molar-refractivity contribution in [3.63, 3.8) is 0 Å². The molecule has 4 rings (SSSR count). The van der Waals surface area contributed by atoms with Crippen molar-refractivity contribution in [2.75, 3.05) is 33.3 Å². The summed E-state index contributed by atoms with van der Waals surface area (Å²) in [7, 11) is 1.64. The third-order valence-corrected chi connectivity index (χ3v) is 10.1. The van der Waals surface area contributed by atoms with E-state index in [0.29, 0.717) is 44.9 Å². The minimum absolute atomic E-state index is 0.0465. The largest absolute Gasteiger partial charge is 0.501 e. The number of nitrogens with zero attached hydrogens (tertiary/aromatic N) is 2. The monoisotopic (exact) mass is 526 g/mol. The number of β-amino-alcohol motifs (C(OH)–C–C–N with tert-alkyl or cyclic N) is 1. The second kappa shape index (κ2) is 12.4. The number of likely N-dealkylation sites (tertiary alicyclic amines) is 2. The summed E-state index contributed by atoms with van der Waals surface area (Å²) < 4.78 is 5.17. The summed E-state index contributed by atoms with van der Waals surface area (Å²) in [5.41, 5.74) is -0.341. The van der Waals surface area contributed by atoms with Gasteiger partial charge in [0.05, 0.1) is 25.0 Å². The highest BCUT2D eigenvalue weighted by Gasteiger charge is 2.57. The highest BCUT2D eigenvalue weighted by molar-refractivity contribution is 5.80. The lowest BCUT2D eigenvalue weighted by Crippen LogP contribution is -2.64. The molecule has 1 N–H and O–H groups in total. The van der Waals surface area contributed by atoms with Gasteiger partial charge in [-0.25, -0.2) is 0 Å². The van der Waals surface area contributed by atoms with Crippen molar-refractivity contribution < 1.29 is 19.4 Å². The molecule has 2 amide bonds. The van der Waals surface area contributed by atoms with Gasteiger partial charge in [-0.05, 0) is 50.2 Å². The van der Waals surface area contributed by atoms with E-state index < -0.39 is 5.60 Å². The molecule has 2 saturated carbocycles. The van der Waals surface area contributed by atoms with Crippen LogP contribution in [-0.4, -0.2) is 65.6 Å². The molecule has 212 valence electrons. The number of rotatable bonds is 9. The number of amides is 2. The molecule has 3 atom stereocenters. The predicted molar refractivity (Wildman–Crippen MR) is 151 cm³/mol. The smallest absolute Gasteiger partial charge is 0.225 e. The van der Waals surface area contributed by atoms with Crippen LogP contribution < -0.4 is 0 Å². The predicted octanol–water partition coefficient (Wildman–Crippen LogP) is 5.63. The third kappa shape index (κ3) is 6.38. The SMILES string of the molecule is C=C(/C=C\C=C(/C)OC)[C@H]1CC(=O)N(C[C@]2(O)CCN(C(=O)[C@H](C)CC3CCCCC3)CC23CCCC3)C1. The third-order valence-electron chi connectivity index (χ3n) is 10.1. The standard InChI is InChI=1S/C32H50N2O4/c1-24(11-10-12-26(3)38-4)28-20-29(35)34(21-28)23-32(37)17-18-33(22-31(32)15-8-9-16-31)30(36)25(2)19-27-13-6-5-7-14-27/h10-12,25,27-28,37H,1,5-9,13-23H2,2-4H3/b11-10-,26-12+/t25-,28+,32-/m1/s1. The molecule has 2 saturated heterocycles. The molecule has 0 aromatic carbocycles. The highest BCUT2D eigenvalue weighted by Crippen LogP contribution is 2.52. The van der Waals surface area contributed by atoms with Crippen molar-refractivity contribution >= 4 is 11.8 Å². The molecule has 4 aliphatic rings. The zero-order chi connectivity index (χ0) is 27.3. The molecule has 0 aromatic heterocycles. The van der Waals surface area contributed by atoms with Gasteiger partial charge in [-0.1, -0.05) is 70.6 Å². The minimum Gasteiger partial charge on any atom is -0.501 e. The number of hydrogen-bond donors (Lipinski definition) is 1. The Hall–Kier alpha value is -2.08. The molecule has 4 fully saturated rings. The van der Waals surface area contributed by atoms with E-state index in [2.05, 4.69) is 18.4 Å². The Morgan fingerprint density at radius 2 is 1.89 bits per heavy atom. The maximum Gasteiger partial charge on any atom is 0.225 e. The van der Waals surface area contributed by atoms with Gasteiger partial charge >= 0.3 is 0 Å². The number of allylic oxidation sites excluding steroid dienone is 4. The Kier molecular flexibility index (Phi) is 9.44. The van der Waals surface area contributed by atoms with Crippen LogP contribution in [0.2, 0.25) is 0 Å².